The fourth-order valence-electron chi connectivity index (χ4n) is 1.55. The van der Waals surface area contributed by atoms with E-state index in [0.29, 0.717) is 18.1 Å². The Hall–Kier alpha value is -2.24. The number of esters is 2. The Morgan fingerprint density at radius 2 is 1.42 bits per heavy atom. The highest BCUT2D eigenvalue weighted by molar-refractivity contribution is 6.04. The molecule has 0 fully saturated rings. The molecule has 0 N–H and O–H groups in total. The molecular weight excluding hydrogens is 252 g/mol. The normalized spacial score (nSPS) is 9.68. The molecule has 19 heavy (non-hydrogen) atoms. The molecule has 104 valence electrons. The van der Waals surface area contributed by atoms with E-state index in [-0.39, 0.29) is 11.1 Å². The van der Waals surface area contributed by atoms with E-state index in [1.165, 1.54) is 33.5 Å². The van der Waals surface area contributed by atoms with Crippen LogP contribution in [0.4, 0.5) is 0 Å². The van der Waals surface area contributed by atoms with E-state index in [4.69, 9.17) is 9.47 Å². The first kappa shape index (κ1) is 14.8. The van der Waals surface area contributed by atoms with E-state index in [0.717, 1.165) is 0 Å². The number of ether oxygens (including phenoxy) is 4. The van der Waals surface area contributed by atoms with Crippen molar-refractivity contribution < 1.29 is 28.5 Å². The molecule has 0 bridgehead atoms. The van der Waals surface area contributed by atoms with Crippen molar-refractivity contribution >= 4 is 11.9 Å². The van der Waals surface area contributed by atoms with Crippen LogP contribution < -0.4 is 9.47 Å². The third-order valence-electron chi connectivity index (χ3n) is 2.41. The van der Waals surface area contributed by atoms with Crippen molar-refractivity contribution in [1.82, 2.24) is 0 Å². The summed E-state index contributed by atoms with van der Waals surface area (Å²) >= 11 is 0. The summed E-state index contributed by atoms with van der Waals surface area (Å²) in [5.41, 5.74) is 0.133. The van der Waals surface area contributed by atoms with Gasteiger partial charge < -0.3 is 18.9 Å². The Morgan fingerprint density at radius 3 is 1.79 bits per heavy atom. The quantitative estimate of drug-likeness (QED) is 0.756. The Kier molecular flexibility index (Phi) is 5.17. The topological polar surface area (TPSA) is 71.1 Å². The lowest BCUT2D eigenvalue weighted by molar-refractivity contribution is 0.0554. The highest BCUT2D eigenvalue weighted by atomic mass is 16.5. The zero-order valence-electron chi connectivity index (χ0n) is 11.3. The SMILES string of the molecule is CCOc1cc(C(=O)OC)c(C(=O)OC)cc1OC. The summed E-state index contributed by atoms with van der Waals surface area (Å²) in [7, 11) is 3.90. The molecule has 0 aromatic heterocycles. The monoisotopic (exact) mass is 268 g/mol. The lowest BCUT2D eigenvalue weighted by Crippen LogP contribution is -2.13. The van der Waals surface area contributed by atoms with E-state index >= 15 is 0 Å². The molecule has 0 amide bonds. The van der Waals surface area contributed by atoms with Gasteiger partial charge in [0, 0.05) is 0 Å². The zero-order valence-corrected chi connectivity index (χ0v) is 11.3. The predicted octanol–water partition coefficient (Wildman–Crippen LogP) is 1.67. The third-order valence-corrected chi connectivity index (χ3v) is 2.41. The van der Waals surface area contributed by atoms with E-state index in [9.17, 15) is 9.59 Å². The Labute approximate surface area is 111 Å². The van der Waals surface area contributed by atoms with Gasteiger partial charge in [0.1, 0.15) is 0 Å². The van der Waals surface area contributed by atoms with Crippen molar-refractivity contribution in [2.75, 3.05) is 27.9 Å². The maximum absolute atomic E-state index is 11.7. The number of methoxy groups -OCH3 is 3. The van der Waals surface area contributed by atoms with Crippen LogP contribution in [0.5, 0.6) is 11.5 Å². The average Bonchev–Trinajstić information content (AvgIpc) is 2.45. The van der Waals surface area contributed by atoms with Crippen LogP contribution >= 0.6 is 0 Å². The van der Waals surface area contributed by atoms with Gasteiger partial charge in [-0.25, -0.2) is 9.59 Å². The molecular formula is C13H16O6. The Balaban J connectivity index is 3.43. The molecule has 0 aliphatic carbocycles. The van der Waals surface area contributed by atoms with Gasteiger partial charge in [0.2, 0.25) is 0 Å². The number of hydrogen-bond donors (Lipinski definition) is 0. The van der Waals surface area contributed by atoms with Crippen LogP contribution in [0, 0.1) is 0 Å². The minimum Gasteiger partial charge on any atom is -0.493 e. The Morgan fingerprint density at radius 1 is 0.947 bits per heavy atom. The maximum Gasteiger partial charge on any atom is 0.338 e. The van der Waals surface area contributed by atoms with Crippen LogP contribution in [0.3, 0.4) is 0 Å². The first-order chi connectivity index (χ1) is 9.08. The highest BCUT2D eigenvalue weighted by Gasteiger charge is 2.22. The Bertz CT molecular complexity index is 480. The second-order valence-corrected chi connectivity index (χ2v) is 3.46. The first-order valence-corrected chi connectivity index (χ1v) is 5.60. The van der Waals surface area contributed by atoms with E-state index in [1.807, 2.05) is 0 Å². The molecule has 6 nitrogen and oxygen atoms in total. The first-order valence-electron chi connectivity index (χ1n) is 5.60. The number of carbonyl (C=O) groups excluding carboxylic acids is 2. The standard InChI is InChI=1S/C13H16O6/c1-5-19-11-7-9(13(15)18-4)8(12(14)17-3)6-10(11)16-2/h6-7H,5H2,1-4H3. The van der Waals surface area contributed by atoms with Crippen molar-refractivity contribution in [2.45, 2.75) is 6.92 Å². The third kappa shape index (κ3) is 3.15. The van der Waals surface area contributed by atoms with Crippen LogP contribution in [0.15, 0.2) is 12.1 Å². The summed E-state index contributed by atoms with van der Waals surface area (Å²) in [4.78, 5) is 23.3. The molecule has 0 saturated heterocycles. The van der Waals surface area contributed by atoms with Gasteiger partial charge in [-0.3, -0.25) is 0 Å². The second kappa shape index (κ2) is 6.63. The fourth-order valence-corrected chi connectivity index (χ4v) is 1.55. The molecule has 1 rings (SSSR count). The van der Waals surface area contributed by atoms with Gasteiger partial charge in [0.05, 0.1) is 39.1 Å². The molecule has 0 aliphatic rings. The fraction of sp³-hybridized carbons (Fsp3) is 0.385. The molecule has 1 aromatic carbocycles. The van der Waals surface area contributed by atoms with Crippen LogP contribution in [0.25, 0.3) is 0 Å². The van der Waals surface area contributed by atoms with Crippen molar-refractivity contribution in [3.8, 4) is 11.5 Å². The van der Waals surface area contributed by atoms with Gasteiger partial charge in [-0.15, -0.1) is 0 Å². The molecule has 1 aromatic rings. The summed E-state index contributed by atoms with van der Waals surface area (Å²) in [6.07, 6.45) is 0. The average molecular weight is 268 g/mol. The van der Waals surface area contributed by atoms with Crippen LogP contribution in [-0.4, -0.2) is 39.9 Å². The largest absolute Gasteiger partial charge is 0.493 e. The molecule has 0 radical (unpaired) electrons. The van der Waals surface area contributed by atoms with Crippen LogP contribution in [0.1, 0.15) is 27.6 Å². The number of rotatable bonds is 5. The summed E-state index contributed by atoms with van der Waals surface area (Å²) in [6.45, 7) is 2.19. The van der Waals surface area contributed by atoms with Crippen molar-refractivity contribution in [3.05, 3.63) is 23.3 Å². The number of benzene rings is 1. The molecule has 0 unspecified atom stereocenters. The van der Waals surface area contributed by atoms with Crippen LogP contribution in [-0.2, 0) is 9.47 Å². The predicted molar refractivity (Wildman–Crippen MR) is 66.8 cm³/mol. The van der Waals surface area contributed by atoms with Crippen molar-refractivity contribution in [2.24, 2.45) is 0 Å². The smallest absolute Gasteiger partial charge is 0.338 e. The summed E-state index contributed by atoms with van der Waals surface area (Å²) in [5, 5.41) is 0. The van der Waals surface area contributed by atoms with Gasteiger partial charge in [0.25, 0.3) is 0 Å². The van der Waals surface area contributed by atoms with Gasteiger partial charge in [-0.05, 0) is 19.1 Å². The van der Waals surface area contributed by atoms with Crippen LogP contribution in [0.2, 0.25) is 0 Å². The van der Waals surface area contributed by atoms with E-state index in [1.54, 1.807) is 6.92 Å². The van der Waals surface area contributed by atoms with Gasteiger partial charge in [-0.2, -0.15) is 0 Å². The van der Waals surface area contributed by atoms with E-state index in [2.05, 4.69) is 9.47 Å². The second-order valence-electron chi connectivity index (χ2n) is 3.46. The van der Waals surface area contributed by atoms with Crippen molar-refractivity contribution in [1.29, 1.82) is 0 Å². The molecule has 0 saturated carbocycles. The molecule has 0 spiro atoms. The lowest BCUT2D eigenvalue weighted by Gasteiger charge is -2.13. The summed E-state index contributed by atoms with van der Waals surface area (Å²) in [6, 6.07) is 2.80. The number of carbonyl (C=O) groups is 2. The minimum absolute atomic E-state index is 0.0645. The maximum atomic E-state index is 11.7. The molecule has 0 aliphatic heterocycles. The lowest BCUT2D eigenvalue weighted by atomic mass is 10.1. The van der Waals surface area contributed by atoms with Gasteiger partial charge >= 0.3 is 11.9 Å². The zero-order chi connectivity index (χ0) is 14.4. The van der Waals surface area contributed by atoms with Gasteiger partial charge in [-0.1, -0.05) is 0 Å². The van der Waals surface area contributed by atoms with Gasteiger partial charge in [0.15, 0.2) is 11.5 Å². The van der Waals surface area contributed by atoms with Crippen molar-refractivity contribution in [3.63, 3.8) is 0 Å². The number of hydrogen-bond acceptors (Lipinski definition) is 6. The molecule has 6 heteroatoms. The van der Waals surface area contributed by atoms with E-state index < -0.39 is 11.9 Å². The molecule has 0 atom stereocenters. The summed E-state index contributed by atoms with van der Waals surface area (Å²) in [5.74, 6) is -0.598. The minimum atomic E-state index is -0.651. The highest BCUT2D eigenvalue weighted by Crippen LogP contribution is 2.31. The molecule has 0 heterocycles. The summed E-state index contributed by atoms with van der Waals surface area (Å²) < 4.78 is 19.7.